The number of nitrogens with one attached hydrogen (secondary N) is 2. The van der Waals surface area contributed by atoms with Crippen molar-refractivity contribution in [2.24, 2.45) is 0 Å². The van der Waals surface area contributed by atoms with Crippen LogP contribution in [0.25, 0.3) is 0 Å². The monoisotopic (exact) mass is 310 g/mol. The van der Waals surface area contributed by atoms with Crippen LogP contribution < -0.4 is 10.6 Å². The van der Waals surface area contributed by atoms with E-state index in [-0.39, 0.29) is 19.1 Å². The third kappa shape index (κ3) is 4.84. The van der Waals surface area contributed by atoms with Gasteiger partial charge in [-0.25, -0.2) is 14.5 Å². The lowest BCUT2D eigenvalue weighted by atomic mass is 10.4. The average molecular weight is 310 g/mol. The van der Waals surface area contributed by atoms with E-state index in [1.807, 2.05) is 6.92 Å². The summed E-state index contributed by atoms with van der Waals surface area (Å²) in [5.74, 6) is -1.00. The minimum absolute atomic E-state index is 0.169. The SMILES string of the molecule is Cc1cnc(CNC(=O)NCc2cn(CC(=O)O)nn2)s1. The van der Waals surface area contributed by atoms with E-state index in [0.29, 0.717) is 12.2 Å². The predicted molar refractivity (Wildman–Crippen MR) is 73.6 cm³/mol. The number of nitrogens with zero attached hydrogens (tertiary/aromatic N) is 4. The smallest absolute Gasteiger partial charge is 0.325 e. The van der Waals surface area contributed by atoms with Crippen LogP contribution in [0.2, 0.25) is 0 Å². The average Bonchev–Trinajstić information content (AvgIpc) is 3.02. The minimum atomic E-state index is -1.00. The van der Waals surface area contributed by atoms with Crippen LogP contribution in [-0.4, -0.2) is 37.1 Å². The number of carboxylic acids is 1. The topological polar surface area (TPSA) is 122 Å². The maximum absolute atomic E-state index is 11.6. The number of aliphatic carboxylic acids is 1. The molecule has 0 unspecified atom stereocenters. The third-order valence-corrected chi connectivity index (χ3v) is 3.30. The molecule has 2 heterocycles. The zero-order chi connectivity index (χ0) is 15.2. The van der Waals surface area contributed by atoms with E-state index in [2.05, 4.69) is 25.9 Å². The molecular formula is C11H14N6O3S. The second-order valence-corrected chi connectivity index (χ2v) is 5.52. The normalized spacial score (nSPS) is 10.3. The molecule has 2 rings (SSSR count). The van der Waals surface area contributed by atoms with E-state index >= 15 is 0 Å². The lowest BCUT2D eigenvalue weighted by Gasteiger charge is -2.04. The zero-order valence-electron chi connectivity index (χ0n) is 11.2. The van der Waals surface area contributed by atoms with Gasteiger partial charge in [-0.2, -0.15) is 0 Å². The lowest BCUT2D eigenvalue weighted by Crippen LogP contribution is -2.34. The molecular weight excluding hydrogens is 296 g/mol. The van der Waals surface area contributed by atoms with Crippen LogP contribution >= 0.6 is 11.3 Å². The van der Waals surface area contributed by atoms with Gasteiger partial charge in [0.2, 0.25) is 0 Å². The molecule has 3 N–H and O–H groups in total. The molecule has 21 heavy (non-hydrogen) atoms. The zero-order valence-corrected chi connectivity index (χ0v) is 12.1. The summed E-state index contributed by atoms with van der Waals surface area (Å²) in [7, 11) is 0. The fourth-order valence-corrected chi connectivity index (χ4v) is 2.23. The number of rotatable bonds is 6. The van der Waals surface area contributed by atoms with Gasteiger partial charge >= 0.3 is 12.0 Å². The molecule has 0 saturated carbocycles. The van der Waals surface area contributed by atoms with Crippen LogP contribution in [0.15, 0.2) is 12.4 Å². The molecule has 2 aromatic rings. The van der Waals surface area contributed by atoms with Crippen LogP contribution in [0.5, 0.6) is 0 Å². The molecule has 0 aliphatic heterocycles. The molecule has 0 bridgehead atoms. The fraction of sp³-hybridized carbons (Fsp3) is 0.364. The molecule has 0 spiro atoms. The molecule has 10 heteroatoms. The van der Waals surface area contributed by atoms with Gasteiger partial charge in [-0.1, -0.05) is 5.21 Å². The van der Waals surface area contributed by atoms with Crippen molar-refractivity contribution in [2.45, 2.75) is 26.6 Å². The largest absolute Gasteiger partial charge is 0.480 e. The highest BCUT2D eigenvalue weighted by Gasteiger charge is 2.07. The molecule has 2 aromatic heterocycles. The van der Waals surface area contributed by atoms with E-state index in [1.165, 1.54) is 22.2 Å². The van der Waals surface area contributed by atoms with Crippen molar-refractivity contribution in [2.75, 3.05) is 0 Å². The van der Waals surface area contributed by atoms with E-state index < -0.39 is 5.97 Å². The van der Waals surface area contributed by atoms with Crippen LogP contribution in [0, 0.1) is 6.92 Å². The van der Waals surface area contributed by atoms with Gasteiger partial charge in [0.1, 0.15) is 17.2 Å². The van der Waals surface area contributed by atoms with Crippen molar-refractivity contribution >= 4 is 23.3 Å². The Morgan fingerprint density at radius 1 is 1.38 bits per heavy atom. The van der Waals surface area contributed by atoms with Crippen molar-refractivity contribution in [3.05, 3.63) is 28.0 Å². The quantitative estimate of drug-likeness (QED) is 0.697. The highest BCUT2D eigenvalue weighted by Crippen LogP contribution is 2.10. The molecule has 0 saturated heterocycles. The number of hydrogen-bond donors (Lipinski definition) is 3. The summed E-state index contributed by atoms with van der Waals surface area (Å²) in [5, 5.41) is 22.1. The molecule has 0 atom stereocenters. The summed E-state index contributed by atoms with van der Waals surface area (Å²) in [4.78, 5) is 27.3. The molecule has 0 fully saturated rings. The van der Waals surface area contributed by atoms with Crippen molar-refractivity contribution < 1.29 is 14.7 Å². The first kappa shape index (κ1) is 14.9. The summed E-state index contributed by atoms with van der Waals surface area (Å²) < 4.78 is 1.19. The Morgan fingerprint density at radius 2 is 2.14 bits per heavy atom. The summed E-state index contributed by atoms with van der Waals surface area (Å²) in [6, 6.07) is -0.351. The van der Waals surface area contributed by atoms with Crippen LogP contribution in [0.1, 0.15) is 15.6 Å². The molecule has 2 amide bonds. The summed E-state index contributed by atoms with van der Waals surface area (Å²) >= 11 is 1.52. The van der Waals surface area contributed by atoms with Gasteiger partial charge < -0.3 is 15.7 Å². The summed E-state index contributed by atoms with van der Waals surface area (Å²) in [5.41, 5.74) is 0.483. The van der Waals surface area contributed by atoms with Crippen LogP contribution in [-0.2, 0) is 24.4 Å². The van der Waals surface area contributed by atoms with E-state index in [1.54, 1.807) is 6.20 Å². The maximum Gasteiger partial charge on any atom is 0.325 e. The van der Waals surface area contributed by atoms with Gasteiger partial charge in [0.25, 0.3) is 0 Å². The number of carbonyl (C=O) groups excluding carboxylic acids is 1. The predicted octanol–water partition coefficient (Wildman–Crippen LogP) is 0.127. The number of aryl methyl sites for hydroxylation is 1. The fourth-order valence-electron chi connectivity index (χ4n) is 1.51. The summed E-state index contributed by atoms with van der Waals surface area (Å²) in [6.07, 6.45) is 3.22. The Labute approximate surface area is 124 Å². The number of aromatic nitrogens is 4. The standard InChI is InChI=1S/C11H14N6O3S/c1-7-2-12-9(21-7)4-14-11(20)13-3-8-5-17(16-15-8)6-10(18)19/h2,5H,3-4,6H2,1H3,(H,18,19)(H2,13,14,20). The van der Waals surface area contributed by atoms with E-state index in [4.69, 9.17) is 5.11 Å². The van der Waals surface area contributed by atoms with Crippen LogP contribution in [0.3, 0.4) is 0 Å². The van der Waals surface area contributed by atoms with Crippen LogP contribution in [0.4, 0.5) is 4.79 Å². The Kier molecular flexibility index (Phi) is 4.82. The first-order valence-electron chi connectivity index (χ1n) is 6.07. The number of amides is 2. The van der Waals surface area contributed by atoms with Crippen molar-refractivity contribution in [3.63, 3.8) is 0 Å². The van der Waals surface area contributed by atoms with E-state index in [0.717, 1.165) is 9.88 Å². The number of carboxylic acid groups (broad SMARTS) is 1. The highest BCUT2D eigenvalue weighted by molar-refractivity contribution is 7.11. The second-order valence-electron chi connectivity index (χ2n) is 4.20. The Balaban J connectivity index is 1.73. The van der Waals surface area contributed by atoms with Crippen molar-refractivity contribution in [1.29, 1.82) is 0 Å². The van der Waals surface area contributed by atoms with Crippen molar-refractivity contribution in [1.82, 2.24) is 30.6 Å². The van der Waals surface area contributed by atoms with Gasteiger partial charge in [0, 0.05) is 11.1 Å². The summed E-state index contributed by atoms with van der Waals surface area (Å²) in [6.45, 7) is 2.21. The maximum atomic E-state index is 11.6. The molecule has 0 aromatic carbocycles. The lowest BCUT2D eigenvalue weighted by molar-refractivity contribution is -0.137. The Hall–Kier alpha value is -2.49. The molecule has 0 aliphatic rings. The first-order chi connectivity index (χ1) is 10.0. The number of hydrogen-bond acceptors (Lipinski definition) is 6. The molecule has 9 nitrogen and oxygen atoms in total. The minimum Gasteiger partial charge on any atom is -0.480 e. The Bertz CT molecular complexity index is 637. The number of urea groups is 1. The van der Waals surface area contributed by atoms with Gasteiger partial charge in [-0.15, -0.1) is 16.4 Å². The van der Waals surface area contributed by atoms with Gasteiger partial charge in [-0.05, 0) is 6.92 Å². The highest BCUT2D eigenvalue weighted by atomic mass is 32.1. The molecule has 0 aliphatic carbocycles. The number of carbonyl (C=O) groups is 2. The molecule has 112 valence electrons. The van der Waals surface area contributed by atoms with Gasteiger partial charge in [-0.3, -0.25) is 4.79 Å². The van der Waals surface area contributed by atoms with Gasteiger partial charge in [0.05, 0.1) is 19.3 Å². The molecule has 0 radical (unpaired) electrons. The van der Waals surface area contributed by atoms with Gasteiger partial charge in [0.15, 0.2) is 0 Å². The number of thiazole rings is 1. The third-order valence-electron chi connectivity index (χ3n) is 2.38. The first-order valence-corrected chi connectivity index (χ1v) is 6.88. The second kappa shape index (κ2) is 6.79. The van der Waals surface area contributed by atoms with E-state index in [9.17, 15) is 9.59 Å². The van der Waals surface area contributed by atoms with Crippen molar-refractivity contribution in [3.8, 4) is 0 Å². The Morgan fingerprint density at radius 3 is 2.81 bits per heavy atom.